The van der Waals surface area contributed by atoms with Crippen LogP contribution in [0.2, 0.25) is 0 Å². The maximum atomic E-state index is 4.29. The highest BCUT2D eigenvalue weighted by atomic mass is 15.1. The molecular weight excluding hydrogens is 292 g/mol. The molecule has 4 aromatic rings. The molecule has 0 N–H and O–H groups in total. The van der Waals surface area contributed by atoms with Gasteiger partial charge in [0.1, 0.15) is 0 Å². The first-order chi connectivity index (χ1) is 11.9. The molecule has 0 atom stereocenters. The zero-order valence-electron chi connectivity index (χ0n) is 13.1. The number of rotatable bonds is 3. The summed E-state index contributed by atoms with van der Waals surface area (Å²) < 4.78 is 0. The lowest BCUT2D eigenvalue weighted by Crippen LogP contribution is -1.91. The highest BCUT2D eigenvalue weighted by molar-refractivity contribution is 5.90. The van der Waals surface area contributed by atoms with Crippen molar-refractivity contribution in [3.8, 4) is 33.5 Å². The Balaban J connectivity index is 1.93. The van der Waals surface area contributed by atoms with Gasteiger partial charge in [-0.1, -0.05) is 78.9 Å². The summed E-state index contributed by atoms with van der Waals surface area (Å²) in [7, 11) is 0. The molecule has 1 aromatic heterocycles. The Morgan fingerprint density at radius 2 is 1.04 bits per heavy atom. The maximum absolute atomic E-state index is 4.29. The fraction of sp³-hybridized carbons (Fsp3) is 0. The van der Waals surface area contributed by atoms with Crippen LogP contribution in [0.3, 0.4) is 0 Å². The van der Waals surface area contributed by atoms with Crippen LogP contribution in [0.1, 0.15) is 0 Å². The van der Waals surface area contributed by atoms with Crippen molar-refractivity contribution in [3.63, 3.8) is 0 Å². The molecule has 0 bridgehead atoms. The van der Waals surface area contributed by atoms with Gasteiger partial charge in [0, 0.05) is 11.8 Å². The molecule has 1 heterocycles. The molecule has 3 aromatic carbocycles. The van der Waals surface area contributed by atoms with Crippen LogP contribution in [0.5, 0.6) is 0 Å². The molecular formula is C22H16N2. The van der Waals surface area contributed by atoms with Crippen molar-refractivity contribution in [2.45, 2.75) is 0 Å². The summed E-state index contributed by atoms with van der Waals surface area (Å²) in [6.45, 7) is 0. The van der Waals surface area contributed by atoms with Crippen LogP contribution in [-0.2, 0) is 0 Å². The number of hydrogen-bond acceptors (Lipinski definition) is 2. The van der Waals surface area contributed by atoms with Crippen molar-refractivity contribution in [1.29, 1.82) is 0 Å². The minimum atomic E-state index is 0.885. The lowest BCUT2D eigenvalue weighted by atomic mass is 9.91. The van der Waals surface area contributed by atoms with Gasteiger partial charge < -0.3 is 0 Å². The molecule has 114 valence electrons. The van der Waals surface area contributed by atoms with E-state index < -0.39 is 0 Å². The molecule has 2 nitrogen and oxygen atoms in total. The quantitative estimate of drug-likeness (QED) is 0.501. The topological polar surface area (TPSA) is 25.8 Å². The zero-order valence-corrected chi connectivity index (χ0v) is 13.1. The molecule has 0 aliphatic heterocycles. The van der Waals surface area contributed by atoms with E-state index in [1.54, 1.807) is 6.20 Å². The summed E-state index contributed by atoms with van der Waals surface area (Å²) in [5.74, 6) is 0. The maximum Gasteiger partial charge on any atom is 0.0935 e. The van der Waals surface area contributed by atoms with Crippen molar-refractivity contribution in [1.82, 2.24) is 10.2 Å². The van der Waals surface area contributed by atoms with E-state index in [1.807, 2.05) is 24.3 Å². The minimum absolute atomic E-state index is 0.885. The third-order valence-electron chi connectivity index (χ3n) is 4.08. The van der Waals surface area contributed by atoms with Crippen LogP contribution in [0.25, 0.3) is 33.5 Å². The molecule has 0 amide bonds. The fourth-order valence-electron chi connectivity index (χ4n) is 2.97. The number of hydrogen-bond donors (Lipinski definition) is 0. The Morgan fingerprint density at radius 3 is 1.71 bits per heavy atom. The van der Waals surface area contributed by atoms with Gasteiger partial charge in [-0.25, -0.2) is 0 Å². The van der Waals surface area contributed by atoms with Crippen molar-refractivity contribution >= 4 is 0 Å². The SMILES string of the molecule is c1ccc(-c2ccccc2-c2ccccc2-c2cccnn2)cc1. The Bertz CT molecular complexity index is 867. The summed E-state index contributed by atoms with van der Waals surface area (Å²) in [6, 6.07) is 31.2. The second kappa shape index (κ2) is 6.47. The Labute approximate surface area is 141 Å². The van der Waals surface area contributed by atoms with Crippen LogP contribution < -0.4 is 0 Å². The first-order valence-electron chi connectivity index (χ1n) is 7.95. The summed E-state index contributed by atoms with van der Waals surface area (Å²) in [5, 5.41) is 8.31. The van der Waals surface area contributed by atoms with E-state index in [1.165, 1.54) is 16.7 Å². The van der Waals surface area contributed by atoms with Gasteiger partial charge in [-0.2, -0.15) is 10.2 Å². The smallest absolute Gasteiger partial charge is 0.0935 e. The molecule has 0 saturated heterocycles. The summed E-state index contributed by atoms with van der Waals surface area (Å²) in [4.78, 5) is 0. The third kappa shape index (κ3) is 2.70. The van der Waals surface area contributed by atoms with E-state index in [-0.39, 0.29) is 0 Å². The second-order valence-electron chi connectivity index (χ2n) is 5.57. The van der Waals surface area contributed by atoms with E-state index in [2.05, 4.69) is 76.9 Å². The van der Waals surface area contributed by atoms with Crippen LogP contribution in [-0.4, -0.2) is 10.2 Å². The van der Waals surface area contributed by atoms with Gasteiger partial charge in [-0.3, -0.25) is 0 Å². The van der Waals surface area contributed by atoms with Crippen molar-refractivity contribution in [2.24, 2.45) is 0 Å². The minimum Gasteiger partial charge on any atom is -0.159 e. The number of aromatic nitrogens is 2. The Kier molecular flexibility index (Phi) is 3.86. The molecule has 0 unspecified atom stereocenters. The van der Waals surface area contributed by atoms with E-state index >= 15 is 0 Å². The van der Waals surface area contributed by atoms with Crippen LogP contribution in [0.4, 0.5) is 0 Å². The summed E-state index contributed by atoms with van der Waals surface area (Å²) in [5.41, 5.74) is 6.77. The first-order valence-corrected chi connectivity index (χ1v) is 7.95. The highest BCUT2D eigenvalue weighted by Crippen LogP contribution is 2.37. The number of benzene rings is 3. The Morgan fingerprint density at radius 1 is 0.458 bits per heavy atom. The van der Waals surface area contributed by atoms with Gasteiger partial charge in [-0.05, 0) is 34.4 Å². The van der Waals surface area contributed by atoms with E-state index in [0.717, 1.165) is 16.8 Å². The van der Waals surface area contributed by atoms with Crippen molar-refractivity contribution < 1.29 is 0 Å². The van der Waals surface area contributed by atoms with Gasteiger partial charge in [0.15, 0.2) is 0 Å². The molecule has 4 rings (SSSR count). The summed E-state index contributed by atoms with van der Waals surface area (Å²) in [6.07, 6.45) is 1.70. The predicted molar refractivity (Wildman–Crippen MR) is 98.3 cm³/mol. The van der Waals surface area contributed by atoms with Gasteiger partial charge in [0.25, 0.3) is 0 Å². The normalized spacial score (nSPS) is 10.5. The van der Waals surface area contributed by atoms with Gasteiger partial charge >= 0.3 is 0 Å². The van der Waals surface area contributed by atoms with E-state index in [9.17, 15) is 0 Å². The van der Waals surface area contributed by atoms with Crippen molar-refractivity contribution in [2.75, 3.05) is 0 Å². The van der Waals surface area contributed by atoms with Gasteiger partial charge in [-0.15, -0.1) is 0 Å². The number of nitrogens with zero attached hydrogens (tertiary/aromatic N) is 2. The lowest BCUT2D eigenvalue weighted by molar-refractivity contribution is 1.04. The molecule has 2 heteroatoms. The van der Waals surface area contributed by atoms with Gasteiger partial charge in [0.2, 0.25) is 0 Å². The molecule has 0 aliphatic rings. The molecule has 24 heavy (non-hydrogen) atoms. The summed E-state index contributed by atoms with van der Waals surface area (Å²) >= 11 is 0. The zero-order chi connectivity index (χ0) is 16.2. The lowest BCUT2D eigenvalue weighted by Gasteiger charge is -2.13. The second-order valence-corrected chi connectivity index (χ2v) is 5.57. The monoisotopic (exact) mass is 308 g/mol. The molecule has 0 spiro atoms. The van der Waals surface area contributed by atoms with E-state index in [4.69, 9.17) is 0 Å². The van der Waals surface area contributed by atoms with E-state index in [0.29, 0.717) is 0 Å². The standard InChI is InChI=1S/C22H16N2/c1-2-9-17(10-3-1)18-11-4-5-12-19(18)20-13-6-7-14-21(20)22-15-8-16-23-24-22/h1-16H. The average Bonchev–Trinajstić information content (AvgIpc) is 2.69. The van der Waals surface area contributed by atoms with Crippen LogP contribution in [0, 0.1) is 0 Å². The fourth-order valence-corrected chi connectivity index (χ4v) is 2.97. The molecule has 0 saturated carbocycles. The average molecular weight is 308 g/mol. The Hall–Kier alpha value is -3.26. The molecule has 0 aliphatic carbocycles. The highest BCUT2D eigenvalue weighted by Gasteiger charge is 2.12. The van der Waals surface area contributed by atoms with Crippen LogP contribution in [0.15, 0.2) is 97.2 Å². The molecule has 0 radical (unpaired) electrons. The molecule has 0 fully saturated rings. The van der Waals surface area contributed by atoms with Crippen molar-refractivity contribution in [3.05, 3.63) is 97.2 Å². The van der Waals surface area contributed by atoms with Gasteiger partial charge in [0.05, 0.1) is 5.69 Å². The largest absolute Gasteiger partial charge is 0.159 e. The third-order valence-corrected chi connectivity index (χ3v) is 4.08. The van der Waals surface area contributed by atoms with Crippen LogP contribution >= 0.6 is 0 Å². The first kappa shape index (κ1) is 14.3. The predicted octanol–water partition coefficient (Wildman–Crippen LogP) is 5.48.